The lowest BCUT2D eigenvalue weighted by atomic mass is 10.3. The van der Waals surface area contributed by atoms with Crippen LogP contribution in [0.15, 0.2) is 17.0 Å². The normalized spacial score (nSPS) is 11.2. The molecule has 0 saturated heterocycles. The molecule has 1 aromatic rings. The average molecular weight is 307 g/mol. The Hall–Kier alpha value is -1.90. The van der Waals surface area contributed by atoms with E-state index in [0.717, 1.165) is 6.42 Å². The quantitative estimate of drug-likeness (QED) is 0.564. The first-order valence-corrected chi connectivity index (χ1v) is 7.31. The fraction of sp³-hybridized carbons (Fsp3) is 0.364. The smallest absolute Gasteiger partial charge is 0.328 e. The van der Waals surface area contributed by atoms with Gasteiger partial charge in [-0.15, -0.1) is 0 Å². The first-order chi connectivity index (χ1) is 9.27. The second kappa shape index (κ2) is 6.51. The van der Waals surface area contributed by atoms with Crippen molar-refractivity contribution in [2.24, 2.45) is 0 Å². The minimum Gasteiger partial charge on any atom is -0.396 e. The molecule has 0 spiro atoms. The molecule has 9 heteroatoms. The number of hydrogen-bond acceptors (Lipinski definition) is 4. The van der Waals surface area contributed by atoms with Gasteiger partial charge in [-0.05, 0) is 12.5 Å². The van der Waals surface area contributed by atoms with E-state index in [0.29, 0.717) is 18.6 Å². The van der Waals surface area contributed by atoms with E-state index in [-0.39, 0.29) is 6.54 Å². The van der Waals surface area contributed by atoms with Crippen LogP contribution in [0.3, 0.4) is 0 Å². The highest BCUT2D eigenvalue weighted by Crippen LogP contribution is 2.20. The summed E-state index contributed by atoms with van der Waals surface area (Å²) in [6.07, 6.45) is 1.49. The summed E-state index contributed by atoms with van der Waals surface area (Å²) < 4.78 is 51.6. The third-order valence-corrected chi connectivity index (χ3v) is 3.73. The lowest BCUT2D eigenvalue weighted by molar-refractivity contribution is 0.245. The first-order valence-electron chi connectivity index (χ1n) is 5.83. The summed E-state index contributed by atoms with van der Waals surface area (Å²) in [6, 6.07) is -0.0219. The highest BCUT2D eigenvalue weighted by molar-refractivity contribution is 7.90. The maximum absolute atomic E-state index is 13.4. The van der Waals surface area contributed by atoms with Crippen molar-refractivity contribution in [3.05, 3.63) is 23.8 Å². The molecule has 4 N–H and O–H groups in total. The van der Waals surface area contributed by atoms with Gasteiger partial charge in [0.1, 0.15) is 16.5 Å². The number of nitrogens with one attached hydrogen (secondary N) is 2. The van der Waals surface area contributed by atoms with Gasteiger partial charge in [0.25, 0.3) is 10.0 Å². The molecule has 20 heavy (non-hydrogen) atoms. The monoisotopic (exact) mass is 307 g/mol. The first kappa shape index (κ1) is 16.2. The zero-order chi connectivity index (χ0) is 15.3. The number of urea groups is 1. The number of carbonyl (C=O) groups is 1. The summed E-state index contributed by atoms with van der Waals surface area (Å²) in [5.74, 6) is -2.40. The van der Waals surface area contributed by atoms with Gasteiger partial charge in [-0.1, -0.05) is 13.3 Å². The number of nitrogen functional groups attached to an aromatic ring is 1. The standard InChI is InChI=1S/C11H15F2N3O3S/c1-2-3-4-15-11(17)16-20(18,19)10-6-9(14)7(12)5-8(10)13/h5-6H,2-4,14H2,1H3,(H2,15,16,17). The molecule has 0 saturated carbocycles. The van der Waals surface area contributed by atoms with Crippen LogP contribution in [0.25, 0.3) is 0 Å². The second-order valence-electron chi connectivity index (χ2n) is 4.02. The molecule has 0 radical (unpaired) electrons. The van der Waals surface area contributed by atoms with E-state index < -0.39 is 38.3 Å². The Kier molecular flexibility index (Phi) is 5.26. The molecule has 0 aliphatic heterocycles. The van der Waals surface area contributed by atoms with E-state index in [1.807, 2.05) is 6.92 Å². The number of hydrogen-bond donors (Lipinski definition) is 3. The van der Waals surface area contributed by atoms with Gasteiger partial charge in [0.15, 0.2) is 0 Å². The van der Waals surface area contributed by atoms with E-state index in [9.17, 15) is 22.0 Å². The topological polar surface area (TPSA) is 101 Å². The van der Waals surface area contributed by atoms with Gasteiger partial charge < -0.3 is 11.1 Å². The Labute approximate surface area is 115 Å². The van der Waals surface area contributed by atoms with Crippen molar-refractivity contribution >= 4 is 21.7 Å². The van der Waals surface area contributed by atoms with E-state index in [1.54, 1.807) is 4.72 Å². The van der Waals surface area contributed by atoms with Crippen molar-refractivity contribution in [2.45, 2.75) is 24.7 Å². The van der Waals surface area contributed by atoms with Crippen molar-refractivity contribution in [1.29, 1.82) is 0 Å². The third-order valence-electron chi connectivity index (χ3n) is 2.38. The molecule has 0 heterocycles. The van der Waals surface area contributed by atoms with Gasteiger partial charge in [0, 0.05) is 12.6 Å². The predicted molar refractivity (Wildman–Crippen MR) is 69.4 cm³/mol. The molecule has 1 rings (SSSR count). The number of carbonyl (C=O) groups excluding carboxylic acids is 1. The number of sulfonamides is 1. The van der Waals surface area contributed by atoms with Crippen LogP contribution in [0, 0.1) is 11.6 Å². The van der Waals surface area contributed by atoms with Gasteiger partial charge in [0.05, 0.1) is 5.69 Å². The Morgan fingerprint density at radius 3 is 2.55 bits per heavy atom. The summed E-state index contributed by atoms with van der Waals surface area (Å²) in [6.45, 7) is 2.18. The third kappa shape index (κ3) is 4.05. The molecule has 0 aromatic heterocycles. The largest absolute Gasteiger partial charge is 0.396 e. The maximum atomic E-state index is 13.4. The summed E-state index contributed by atoms with van der Waals surface area (Å²) in [4.78, 5) is 10.5. The molecular formula is C11H15F2N3O3S. The Bertz CT molecular complexity index is 605. The van der Waals surface area contributed by atoms with Crippen LogP contribution in [0.5, 0.6) is 0 Å². The number of unbranched alkanes of at least 4 members (excludes halogenated alkanes) is 1. The minimum absolute atomic E-state index is 0.284. The lowest BCUT2D eigenvalue weighted by Gasteiger charge is -2.09. The number of anilines is 1. The number of benzene rings is 1. The van der Waals surface area contributed by atoms with Crippen LogP contribution in [0.4, 0.5) is 19.3 Å². The number of halogens is 2. The van der Waals surface area contributed by atoms with Gasteiger partial charge >= 0.3 is 6.03 Å². The van der Waals surface area contributed by atoms with Gasteiger partial charge in [0.2, 0.25) is 0 Å². The lowest BCUT2D eigenvalue weighted by Crippen LogP contribution is -2.40. The molecule has 112 valence electrons. The van der Waals surface area contributed by atoms with Gasteiger partial charge in [-0.3, -0.25) is 0 Å². The SMILES string of the molecule is CCCCNC(=O)NS(=O)(=O)c1cc(N)c(F)cc1F. The van der Waals surface area contributed by atoms with E-state index in [2.05, 4.69) is 5.32 Å². The van der Waals surface area contributed by atoms with Crippen LogP contribution in [0.1, 0.15) is 19.8 Å². The summed E-state index contributed by atoms with van der Waals surface area (Å²) >= 11 is 0. The molecule has 2 amide bonds. The second-order valence-corrected chi connectivity index (χ2v) is 5.67. The highest BCUT2D eigenvalue weighted by Gasteiger charge is 2.23. The van der Waals surface area contributed by atoms with Crippen LogP contribution in [-0.2, 0) is 10.0 Å². The molecule has 0 aliphatic rings. The van der Waals surface area contributed by atoms with Gasteiger partial charge in [-0.2, -0.15) is 0 Å². The average Bonchev–Trinajstić information content (AvgIpc) is 2.33. The minimum atomic E-state index is -4.45. The molecule has 0 bridgehead atoms. The predicted octanol–water partition coefficient (Wildman–Crippen LogP) is 1.34. The van der Waals surface area contributed by atoms with Crippen molar-refractivity contribution < 1.29 is 22.0 Å². The van der Waals surface area contributed by atoms with Crippen molar-refractivity contribution in [2.75, 3.05) is 12.3 Å². The Morgan fingerprint density at radius 2 is 1.95 bits per heavy atom. The number of amides is 2. The Balaban J connectivity index is 2.89. The van der Waals surface area contributed by atoms with Crippen LogP contribution in [0.2, 0.25) is 0 Å². The maximum Gasteiger partial charge on any atom is 0.328 e. The Morgan fingerprint density at radius 1 is 1.30 bits per heavy atom. The van der Waals surface area contributed by atoms with Crippen molar-refractivity contribution in [3.8, 4) is 0 Å². The van der Waals surface area contributed by atoms with E-state index in [1.165, 1.54) is 0 Å². The molecule has 6 nitrogen and oxygen atoms in total. The van der Waals surface area contributed by atoms with E-state index >= 15 is 0 Å². The summed E-state index contributed by atoms with van der Waals surface area (Å²) in [7, 11) is -4.45. The zero-order valence-corrected chi connectivity index (χ0v) is 11.6. The van der Waals surface area contributed by atoms with Crippen LogP contribution in [-0.4, -0.2) is 21.0 Å². The molecule has 0 aliphatic carbocycles. The fourth-order valence-electron chi connectivity index (χ4n) is 1.34. The van der Waals surface area contributed by atoms with Crippen molar-refractivity contribution in [1.82, 2.24) is 10.0 Å². The molecule has 0 unspecified atom stereocenters. The summed E-state index contributed by atoms with van der Waals surface area (Å²) in [5, 5.41) is 2.30. The molecular weight excluding hydrogens is 292 g/mol. The fourth-order valence-corrected chi connectivity index (χ4v) is 2.37. The molecule has 0 fully saturated rings. The van der Waals surface area contributed by atoms with Crippen LogP contribution < -0.4 is 15.8 Å². The molecule has 0 atom stereocenters. The van der Waals surface area contributed by atoms with Crippen LogP contribution >= 0.6 is 0 Å². The van der Waals surface area contributed by atoms with E-state index in [4.69, 9.17) is 5.73 Å². The highest BCUT2D eigenvalue weighted by atomic mass is 32.2. The molecule has 1 aromatic carbocycles. The zero-order valence-electron chi connectivity index (χ0n) is 10.7. The summed E-state index contributed by atoms with van der Waals surface area (Å²) in [5.41, 5.74) is 4.65. The number of nitrogens with two attached hydrogens (primary N) is 1. The van der Waals surface area contributed by atoms with Gasteiger partial charge in [-0.25, -0.2) is 26.7 Å². The number of rotatable bonds is 5. The van der Waals surface area contributed by atoms with Crippen molar-refractivity contribution in [3.63, 3.8) is 0 Å².